The molecule has 1 aliphatic rings. The van der Waals surface area contributed by atoms with Crippen molar-refractivity contribution in [1.82, 2.24) is 0 Å². The Labute approximate surface area is 138 Å². The van der Waals surface area contributed by atoms with E-state index in [2.05, 4.69) is 22.9 Å². The third-order valence-corrected chi connectivity index (χ3v) is 4.40. The zero-order valence-electron chi connectivity index (χ0n) is 12.5. The number of rotatable bonds is 2. The van der Waals surface area contributed by atoms with Crippen LogP contribution < -0.4 is 4.74 Å². The summed E-state index contributed by atoms with van der Waals surface area (Å²) in [6.45, 7) is 3.49. The second-order valence-electron chi connectivity index (χ2n) is 5.52. The summed E-state index contributed by atoms with van der Waals surface area (Å²) in [5.74, 6) is 0.506. The summed E-state index contributed by atoms with van der Waals surface area (Å²) in [7, 11) is 0. The fourth-order valence-corrected chi connectivity index (χ4v) is 3.28. The molecule has 4 heteroatoms. The Bertz CT molecular complexity index is 684. The maximum absolute atomic E-state index is 11.5. The van der Waals surface area contributed by atoms with Crippen molar-refractivity contribution in [2.24, 2.45) is 5.92 Å². The molecular formula is C18H17BrO3. The van der Waals surface area contributed by atoms with Crippen molar-refractivity contribution in [1.29, 1.82) is 0 Å². The molecule has 1 aliphatic heterocycles. The fraction of sp³-hybridized carbons (Fsp3) is 0.278. The van der Waals surface area contributed by atoms with Crippen molar-refractivity contribution in [2.75, 3.05) is 0 Å². The Morgan fingerprint density at radius 3 is 2.59 bits per heavy atom. The van der Waals surface area contributed by atoms with Crippen LogP contribution in [0.1, 0.15) is 37.2 Å². The molecule has 0 fully saturated rings. The van der Waals surface area contributed by atoms with Crippen LogP contribution in [0, 0.1) is 5.92 Å². The van der Waals surface area contributed by atoms with Crippen molar-refractivity contribution in [2.45, 2.75) is 26.1 Å². The average Bonchev–Trinajstić information content (AvgIpc) is 2.51. The van der Waals surface area contributed by atoms with Crippen molar-refractivity contribution in [3.63, 3.8) is 0 Å². The summed E-state index contributed by atoms with van der Waals surface area (Å²) in [5.41, 5.74) is 1.99. The number of hydrogen-bond donors (Lipinski definition) is 0. The first-order valence-corrected chi connectivity index (χ1v) is 8.04. The van der Waals surface area contributed by atoms with Crippen LogP contribution in [0.2, 0.25) is 0 Å². The van der Waals surface area contributed by atoms with E-state index in [1.54, 1.807) is 0 Å². The van der Waals surface area contributed by atoms with Gasteiger partial charge in [-0.05, 0) is 23.8 Å². The highest BCUT2D eigenvalue weighted by Gasteiger charge is 2.38. The zero-order chi connectivity index (χ0) is 15.7. The van der Waals surface area contributed by atoms with Gasteiger partial charge in [0.15, 0.2) is 0 Å². The summed E-state index contributed by atoms with van der Waals surface area (Å²) < 4.78 is 12.7. The number of halogens is 1. The molecule has 114 valence electrons. The molecular weight excluding hydrogens is 344 g/mol. The molecule has 0 amide bonds. The molecule has 0 N–H and O–H groups in total. The number of hydrogen-bond acceptors (Lipinski definition) is 3. The molecule has 0 aliphatic carbocycles. The first-order chi connectivity index (χ1) is 10.6. The normalized spacial score (nSPS) is 23.3. The minimum Gasteiger partial charge on any atom is -0.485 e. The van der Waals surface area contributed by atoms with Crippen LogP contribution in [0.4, 0.5) is 0 Å². The van der Waals surface area contributed by atoms with Gasteiger partial charge < -0.3 is 9.47 Å². The van der Waals surface area contributed by atoms with E-state index in [-0.39, 0.29) is 24.1 Å². The molecule has 2 aromatic rings. The average molecular weight is 361 g/mol. The predicted octanol–water partition coefficient (Wildman–Crippen LogP) is 4.82. The largest absolute Gasteiger partial charge is 0.485 e. The van der Waals surface area contributed by atoms with Crippen LogP contribution in [-0.4, -0.2) is 5.97 Å². The summed E-state index contributed by atoms with van der Waals surface area (Å²) in [5, 5.41) is 0. The van der Waals surface area contributed by atoms with Crippen molar-refractivity contribution in [3.05, 3.63) is 64.1 Å². The van der Waals surface area contributed by atoms with Crippen molar-refractivity contribution in [3.8, 4) is 5.75 Å². The lowest BCUT2D eigenvalue weighted by Crippen LogP contribution is -2.30. The third-order valence-electron chi connectivity index (χ3n) is 3.91. The molecule has 0 radical (unpaired) electrons. The van der Waals surface area contributed by atoms with Crippen LogP contribution in [-0.2, 0) is 9.53 Å². The van der Waals surface area contributed by atoms with Crippen molar-refractivity contribution >= 4 is 21.9 Å². The quantitative estimate of drug-likeness (QED) is 0.720. The molecule has 3 atom stereocenters. The highest BCUT2D eigenvalue weighted by atomic mass is 79.9. The first kappa shape index (κ1) is 15.1. The summed E-state index contributed by atoms with van der Waals surface area (Å²) in [6, 6.07) is 15.8. The van der Waals surface area contributed by atoms with Crippen LogP contribution in [0.25, 0.3) is 0 Å². The third kappa shape index (κ3) is 2.88. The van der Waals surface area contributed by atoms with Gasteiger partial charge in [-0.25, -0.2) is 0 Å². The Hall–Kier alpha value is -1.81. The first-order valence-electron chi connectivity index (χ1n) is 7.24. The summed E-state index contributed by atoms with van der Waals surface area (Å²) in [4.78, 5) is 11.5. The second kappa shape index (κ2) is 6.13. The molecule has 0 saturated heterocycles. The smallest absolute Gasteiger partial charge is 0.303 e. The highest BCUT2D eigenvalue weighted by Crippen LogP contribution is 2.47. The van der Waals surface area contributed by atoms with Gasteiger partial charge in [-0.2, -0.15) is 0 Å². The number of esters is 1. The number of carbonyl (C=O) groups is 1. The summed E-state index contributed by atoms with van der Waals surface area (Å²) in [6.07, 6.45) is -0.455. The van der Waals surface area contributed by atoms with Gasteiger partial charge in [0, 0.05) is 22.9 Å². The summed E-state index contributed by atoms with van der Waals surface area (Å²) >= 11 is 3.47. The van der Waals surface area contributed by atoms with Crippen LogP contribution >= 0.6 is 15.9 Å². The van der Waals surface area contributed by atoms with Crippen LogP contribution in [0.5, 0.6) is 5.75 Å². The fourth-order valence-electron chi connectivity index (χ4n) is 2.90. The second-order valence-corrected chi connectivity index (χ2v) is 6.44. The van der Waals surface area contributed by atoms with E-state index in [1.807, 2.05) is 48.5 Å². The molecule has 3 rings (SSSR count). The molecule has 2 aromatic carbocycles. The molecule has 0 bridgehead atoms. The molecule has 1 heterocycles. The molecule has 3 nitrogen and oxygen atoms in total. The number of carbonyl (C=O) groups excluding carboxylic acids is 1. The Balaban J connectivity index is 2.04. The minimum absolute atomic E-state index is 0.0214. The standard InChI is InChI=1S/C18H17BrO3/c1-11-17(13-6-4-3-5-7-13)22-16-9-8-14(19)10-15(16)18(11)21-12(2)20/h3-11,17-18H,1-2H3/t11-,17+,18+/m0/s1. The van der Waals surface area contributed by atoms with Crippen LogP contribution in [0.15, 0.2) is 53.0 Å². The monoisotopic (exact) mass is 360 g/mol. The van der Waals surface area contributed by atoms with Crippen molar-refractivity contribution < 1.29 is 14.3 Å². The maximum Gasteiger partial charge on any atom is 0.303 e. The van der Waals surface area contributed by atoms with Crippen LogP contribution in [0.3, 0.4) is 0 Å². The maximum atomic E-state index is 11.5. The molecule has 0 saturated carbocycles. The van der Waals surface area contributed by atoms with E-state index in [4.69, 9.17) is 9.47 Å². The van der Waals surface area contributed by atoms with E-state index in [0.717, 1.165) is 21.3 Å². The molecule has 22 heavy (non-hydrogen) atoms. The lowest BCUT2D eigenvalue weighted by molar-refractivity contribution is -0.153. The SMILES string of the molecule is CC(=O)O[C@H]1c2cc(Br)ccc2O[C@@H](c2ccccc2)[C@@H]1C. The van der Waals surface area contributed by atoms with Gasteiger partial charge in [0.25, 0.3) is 0 Å². The Morgan fingerprint density at radius 2 is 1.91 bits per heavy atom. The minimum atomic E-state index is -0.316. The Morgan fingerprint density at radius 1 is 1.18 bits per heavy atom. The number of benzene rings is 2. The van der Waals surface area contributed by atoms with E-state index < -0.39 is 0 Å². The predicted molar refractivity (Wildman–Crippen MR) is 87.6 cm³/mol. The van der Waals surface area contributed by atoms with Gasteiger partial charge in [0.1, 0.15) is 18.0 Å². The van der Waals surface area contributed by atoms with Gasteiger partial charge in [-0.1, -0.05) is 53.2 Å². The molecule has 0 spiro atoms. The zero-order valence-corrected chi connectivity index (χ0v) is 14.0. The molecule has 0 unspecified atom stereocenters. The highest BCUT2D eigenvalue weighted by molar-refractivity contribution is 9.10. The van der Waals surface area contributed by atoms with E-state index >= 15 is 0 Å². The van der Waals surface area contributed by atoms with E-state index in [1.165, 1.54) is 6.92 Å². The molecule has 0 aromatic heterocycles. The van der Waals surface area contributed by atoms with Gasteiger partial charge >= 0.3 is 5.97 Å². The van der Waals surface area contributed by atoms with E-state index in [9.17, 15) is 4.79 Å². The van der Waals surface area contributed by atoms with E-state index in [0.29, 0.717) is 0 Å². The lowest BCUT2D eigenvalue weighted by Gasteiger charge is -2.37. The van der Waals surface area contributed by atoms with Gasteiger partial charge in [0.05, 0.1) is 0 Å². The van der Waals surface area contributed by atoms with Gasteiger partial charge in [0.2, 0.25) is 0 Å². The van der Waals surface area contributed by atoms with Gasteiger partial charge in [-0.15, -0.1) is 0 Å². The van der Waals surface area contributed by atoms with Gasteiger partial charge in [-0.3, -0.25) is 4.79 Å². The number of ether oxygens (including phenoxy) is 2. The lowest BCUT2D eigenvalue weighted by atomic mass is 9.85. The topological polar surface area (TPSA) is 35.5 Å². The number of fused-ring (bicyclic) bond motifs is 1. The Kier molecular flexibility index (Phi) is 4.21.